The number of carbonyl (C=O) groups is 1. The van der Waals surface area contributed by atoms with Gasteiger partial charge in [-0.2, -0.15) is 0 Å². The summed E-state index contributed by atoms with van der Waals surface area (Å²) in [5.41, 5.74) is 2.96. The van der Waals surface area contributed by atoms with Crippen LogP contribution in [0.1, 0.15) is 30.9 Å². The Morgan fingerprint density at radius 3 is 2.73 bits per heavy atom. The van der Waals surface area contributed by atoms with Crippen molar-refractivity contribution < 1.29 is 9.53 Å². The second-order valence-corrected chi connectivity index (χ2v) is 6.84. The zero-order valence-corrected chi connectivity index (χ0v) is 16.1. The Kier molecular flexibility index (Phi) is 7.49. The summed E-state index contributed by atoms with van der Waals surface area (Å²) in [7, 11) is 0. The van der Waals surface area contributed by atoms with Gasteiger partial charge in [-0.3, -0.25) is 4.79 Å². The molecule has 2 aromatic rings. The summed E-state index contributed by atoms with van der Waals surface area (Å²) in [6.45, 7) is 5.53. The molecule has 26 heavy (non-hydrogen) atoms. The summed E-state index contributed by atoms with van der Waals surface area (Å²) in [5.74, 6) is 0.862. The van der Waals surface area contributed by atoms with Gasteiger partial charge in [0.1, 0.15) is 12.4 Å². The Morgan fingerprint density at radius 2 is 2.00 bits per heavy atom. The van der Waals surface area contributed by atoms with Gasteiger partial charge in [-0.1, -0.05) is 36.4 Å². The number of anilines is 1. The van der Waals surface area contributed by atoms with E-state index in [1.807, 2.05) is 55.5 Å². The molecule has 0 spiro atoms. The molecule has 1 aliphatic heterocycles. The predicted octanol–water partition coefficient (Wildman–Crippen LogP) is 4.32. The molecule has 1 saturated heterocycles. The third-order valence-corrected chi connectivity index (χ3v) is 4.63. The molecule has 0 aromatic heterocycles. The first-order valence-electron chi connectivity index (χ1n) is 8.93. The van der Waals surface area contributed by atoms with Gasteiger partial charge in [0, 0.05) is 12.0 Å². The van der Waals surface area contributed by atoms with Crippen molar-refractivity contribution in [2.24, 2.45) is 5.92 Å². The maximum Gasteiger partial charge on any atom is 0.227 e. The Bertz CT molecular complexity index is 721. The summed E-state index contributed by atoms with van der Waals surface area (Å²) < 4.78 is 5.99. The zero-order chi connectivity index (χ0) is 17.6. The van der Waals surface area contributed by atoms with Gasteiger partial charge in [0.2, 0.25) is 5.91 Å². The van der Waals surface area contributed by atoms with E-state index in [4.69, 9.17) is 4.74 Å². The molecule has 2 N–H and O–H groups in total. The number of carbonyl (C=O) groups excluding carboxylic acids is 1. The first kappa shape index (κ1) is 20.3. The van der Waals surface area contributed by atoms with E-state index in [-0.39, 0.29) is 24.2 Å². The van der Waals surface area contributed by atoms with Crippen LogP contribution in [0.25, 0.3) is 0 Å². The fourth-order valence-corrected chi connectivity index (χ4v) is 3.19. The van der Waals surface area contributed by atoms with Crippen LogP contribution in [0, 0.1) is 12.8 Å². The Hall–Kier alpha value is -2.04. The van der Waals surface area contributed by atoms with Crippen LogP contribution in [-0.4, -0.2) is 18.5 Å². The van der Waals surface area contributed by atoms with Crippen LogP contribution in [0.4, 0.5) is 5.69 Å². The van der Waals surface area contributed by atoms with Gasteiger partial charge in [-0.15, -0.1) is 12.4 Å². The van der Waals surface area contributed by atoms with E-state index in [1.165, 1.54) is 0 Å². The van der Waals surface area contributed by atoms with Crippen molar-refractivity contribution in [2.75, 3.05) is 11.9 Å². The van der Waals surface area contributed by atoms with Crippen LogP contribution in [0.5, 0.6) is 5.75 Å². The summed E-state index contributed by atoms with van der Waals surface area (Å²) in [5, 5.41) is 6.46. The van der Waals surface area contributed by atoms with E-state index in [0.29, 0.717) is 12.6 Å². The van der Waals surface area contributed by atoms with E-state index in [2.05, 4.69) is 17.6 Å². The molecule has 3 rings (SSSR count). The molecule has 0 saturated carbocycles. The van der Waals surface area contributed by atoms with Crippen molar-refractivity contribution in [1.82, 2.24) is 5.32 Å². The lowest BCUT2D eigenvalue weighted by Gasteiger charge is -2.27. The molecule has 0 unspecified atom stereocenters. The average molecular weight is 375 g/mol. The highest BCUT2D eigenvalue weighted by Crippen LogP contribution is 2.28. The number of rotatable bonds is 5. The van der Waals surface area contributed by atoms with Crippen molar-refractivity contribution in [2.45, 2.75) is 39.3 Å². The number of piperidine rings is 1. The second-order valence-electron chi connectivity index (χ2n) is 6.84. The summed E-state index contributed by atoms with van der Waals surface area (Å²) >= 11 is 0. The van der Waals surface area contributed by atoms with Gasteiger partial charge in [-0.25, -0.2) is 0 Å². The highest BCUT2D eigenvalue weighted by atomic mass is 35.5. The molecule has 1 heterocycles. The van der Waals surface area contributed by atoms with Crippen molar-refractivity contribution in [3.05, 3.63) is 59.7 Å². The quantitative estimate of drug-likeness (QED) is 0.819. The van der Waals surface area contributed by atoms with Crippen LogP contribution in [0.2, 0.25) is 0 Å². The standard InChI is InChI=1S/C21H26N2O2.ClH/c1-15-8-9-19(23-21(24)18-10-11-22-16(2)13-18)20(12-15)25-14-17-6-4-3-5-7-17;/h3-9,12,16,18,22H,10-11,13-14H2,1-2H3,(H,23,24);1H/t16-,18-;/m0./s1. The molecule has 1 aliphatic rings. The average Bonchev–Trinajstić information content (AvgIpc) is 2.62. The first-order chi connectivity index (χ1) is 12.1. The fourth-order valence-electron chi connectivity index (χ4n) is 3.19. The number of amides is 1. The summed E-state index contributed by atoms with van der Waals surface area (Å²) in [4.78, 5) is 12.6. The maximum absolute atomic E-state index is 12.6. The third-order valence-electron chi connectivity index (χ3n) is 4.63. The normalized spacial score (nSPS) is 19.3. The molecule has 1 fully saturated rings. The van der Waals surface area contributed by atoms with Crippen LogP contribution in [-0.2, 0) is 11.4 Å². The van der Waals surface area contributed by atoms with Crippen molar-refractivity contribution in [1.29, 1.82) is 0 Å². The van der Waals surface area contributed by atoms with Crippen molar-refractivity contribution in [3.8, 4) is 5.75 Å². The largest absolute Gasteiger partial charge is 0.487 e. The van der Waals surface area contributed by atoms with Crippen LogP contribution in [0.3, 0.4) is 0 Å². The minimum Gasteiger partial charge on any atom is -0.487 e. The smallest absolute Gasteiger partial charge is 0.227 e. The molecule has 1 amide bonds. The lowest BCUT2D eigenvalue weighted by Crippen LogP contribution is -2.40. The molecule has 2 atom stereocenters. The Labute approximate surface area is 161 Å². The topological polar surface area (TPSA) is 50.4 Å². The number of benzene rings is 2. The van der Waals surface area contributed by atoms with Gasteiger partial charge >= 0.3 is 0 Å². The van der Waals surface area contributed by atoms with E-state index in [1.54, 1.807) is 0 Å². The fraction of sp³-hybridized carbons (Fsp3) is 0.381. The Balaban J connectivity index is 0.00000243. The van der Waals surface area contributed by atoms with E-state index >= 15 is 0 Å². The molecule has 0 bridgehead atoms. The predicted molar refractivity (Wildman–Crippen MR) is 108 cm³/mol. The summed E-state index contributed by atoms with van der Waals surface area (Å²) in [6, 6.07) is 16.3. The molecule has 5 heteroatoms. The number of aryl methyl sites for hydroxylation is 1. The van der Waals surface area contributed by atoms with Crippen LogP contribution < -0.4 is 15.4 Å². The van der Waals surface area contributed by atoms with E-state index in [0.717, 1.165) is 42.0 Å². The zero-order valence-electron chi connectivity index (χ0n) is 15.3. The molecule has 0 radical (unpaired) electrons. The lowest BCUT2D eigenvalue weighted by atomic mass is 9.92. The second kappa shape index (κ2) is 9.60. The van der Waals surface area contributed by atoms with Gasteiger partial charge in [0.05, 0.1) is 5.69 Å². The molecule has 0 aliphatic carbocycles. The number of halogens is 1. The highest BCUT2D eigenvalue weighted by Gasteiger charge is 2.25. The monoisotopic (exact) mass is 374 g/mol. The number of hydrogen-bond donors (Lipinski definition) is 2. The molecular formula is C21H27ClN2O2. The maximum atomic E-state index is 12.6. The van der Waals surface area contributed by atoms with Crippen LogP contribution in [0.15, 0.2) is 48.5 Å². The van der Waals surface area contributed by atoms with Gasteiger partial charge < -0.3 is 15.4 Å². The molecule has 2 aromatic carbocycles. The first-order valence-corrected chi connectivity index (χ1v) is 8.93. The number of ether oxygens (including phenoxy) is 1. The minimum absolute atomic E-state index is 0. The SMILES string of the molecule is Cc1ccc(NC(=O)[C@H]2CCN[C@@H](C)C2)c(OCc2ccccc2)c1.Cl. The lowest BCUT2D eigenvalue weighted by molar-refractivity contribution is -0.120. The van der Waals surface area contributed by atoms with Gasteiger partial charge in [-0.05, 0) is 56.5 Å². The van der Waals surface area contributed by atoms with Crippen LogP contribution >= 0.6 is 12.4 Å². The van der Waals surface area contributed by atoms with Gasteiger partial charge in [0.25, 0.3) is 0 Å². The van der Waals surface area contributed by atoms with E-state index in [9.17, 15) is 4.79 Å². The van der Waals surface area contributed by atoms with E-state index < -0.39 is 0 Å². The van der Waals surface area contributed by atoms with Crippen molar-refractivity contribution >= 4 is 24.0 Å². The third kappa shape index (κ3) is 5.48. The summed E-state index contributed by atoms with van der Waals surface area (Å²) in [6.07, 6.45) is 1.75. The van der Waals surface area contributed by atoms with Gasteiger partial charge in [0.15, 0.2) is 0 Å². The number of hydrogen-bond acceptors (Lipinski definition) is 3. The molecule has 4 nitrogen and oxygen atoms in total. The minimum atomic E-state index is 0. The molecule has 140 valence electrons. The van der Waals surface area contributed by atoms with Crippen molar-refractivity contribution in [3.63, 3.8) is 0 Å². The Morgan fingerprint density at radius 1 is 1.23 bits per heavy atom. The highest BCUT2D eigenvalue weighted by molar-refractivity contribution is 5.94. The molecular weight excluding hydrogens is 348 g/mol. The number of nitrogens with one attached hydrogen (secondary N) is 2.